The molecule has 0 unspecified atom stereocenters. The molecule has 66 valence electrons. The minimum Gasteiger partial charge on any atom is -0.416 e. The van der Waals surface area contributed by atoms with Gasteiger partial charge in [-0.15, -0.1) is 0 Å². The number of aromatic amines is 1. The molecule has 0 fully saturated rings. The van der Waals surface area contributed by atoms with Crippen molar-refractivity contribution in [3.63, 3.8) is 0 Å². The van der Waals surface area contributed by atoms with Crippen LogP contribution < -0.4 is 11.1 Å². The maximum absolute atomic E-state index is 11.1. The molecular formula is C7H10N2O3. The zero-order valence-electron chi connectivity index (χ0n) is 6.72. The Balaban J connectivity index is 2.59. The summed E-state index contributed by atoms with van der Waals surface area (Å²) in [5.74, 6) is -0.931. The smallest absolute Gasteiger partial charge is 0.416 e. The molecule has 0 aliphatic carbocycles. The first-order valence-corrected chi connectivity index (χ1v) is 3.70. The van der Waals surface area contributed by atoms with Crippen molar-refractivity contribution < 1.29 is 9.21 Å². The summed E-state index contributed by atoms with van der Waals surface area (Å²) in [5.41, 5.74) is 0.161. The van der Waals surface area contributed by atoms with Crippen LogP contribution in [0.25, 0.3) is 0 Å². The van der Waals surface area contributed by atoms with Crippen LogP contribution in [-0.4, -0.2) is 17.4 Å². The molecule has 0 radical (unpaired) electrons. The first kappa shape index (κ1) is 8.58. The summed E-state index contributed by atoms with van der Waals surface area (Å²) in [5, 5.41) is 2.59. The number of nitrogens with one attached hydrogen (secondary N) is 2. The van der Waals surface area contributed by atoms with Crippen LogP contribution in [0.3, 0.4) is 0 Å². The van der Waals surface area contributed by atoms with Crippen molar-refractivity contribution in [3.05, 3.63) is 22.5 Å². The molecule has 1 heterocycles. The van der Waals surface area contributed by atoms with Gasteiger partial charge in [-0.05, 0) is 6.42 Å². The van der Waals surface area contributed by atoms with E-state index < -0.39 is 5.76 Å². The summed E-state index contributed by atoms with van der Waals surface area (Å²) in [6.45, 7) is 2.53. The Bertz CT molecular complexity index is 312. The third-order valence-corrected chi connectivity index (χ3v) is 1.30. The predicted molar refractivity (Wildman–Crippen MR) is 42.0 cm³/mol. The highest BCUT2D eigenvalue weighted by atomic mass is 16.4. The summed E-state index contributed by atoms with van der Waals surface area (Å²) >= 11 is 0. The van der Waals surface area contributed by atoms with Gasteiger partial charge in [-0.25, -0.2) is 4.79 Å². The van der Waals surface area contributed by atoms with Gasteiger partial charge in [0.15, 0.2) is 0 Å². The quantitative estimate of drug-likeness (QED) is 0.675. The molecule has 1 aromatic rings. The number of oxazole rings is 1. The normalized spacial score (nSPS) is 9.75. The second-order valence-electron chi connectivity index (χ2n) is 2.32. The number of hydrogen-bond donors (Lipinski definition) is 2. The summed E-state index contributed by atoms with van der Waals surface area (Å²) in [6.07, 6.45) is 1.96. The van der Waals surface area contributed by atoms with Crippen LogP contribution in [0.2, 0.25) is 0 Å². The topological polar surface area (TPSA) is 75.1 Å². The van der Waals surface area contributed by atoms with E-state index in [0.29, 0.717) is 6.54 Å². The van der Waals surface area contributed by atoms with E-state index in [1.54, 1.807) is 0 Å². The highest BCUT2D eigenvalue weighted by Crippen LogP contribution is 1.89. The molecule has 0 aliphatic heterocycles. The Morgan fingerprint density at radius 1 is 1.75 bits per heavy atom. The molecule has 0 aliphatic rings. The van der Waals surface area contributed by atoms with Crippen molar-refractivity contribution in [1.82, 2.24) is 10.3 Å². The van der Waals surface area contributed by atoms with E-state index in [2.05, 4.69) is 14.7 Å². The van der Waals surface area contributed by atoms with Crippen LogP contribution in [0.4, 0.5) is 0 Å². The second kappa shape index (κ2) is 3.75. The van der Waals surface area contributed by atoms with Gasteiger partial charge in [0.25, 0.3) is 5.91 Å². The van der Waals surface area contributed by atoms with Gasteiger partial charge >= 0.3 is 5.76 Å². The lowest BCUT2D eigenvalue weighted by atomic mass is 10.4. The van der Waals surface area contributed by atoms with Gasteiger partial charge in [-0.1, -0.05) is 6.92 Å². The molecule has 1 amide bonds. The van der Waals surface area contributed by atoms with Crippen molar-refractivity contribution in [2.24, 2.45) is 0 Å². The van der Waals surface area contributed by atoms with E-state index in [1.807, 2.05) is 6.92 Å². The van der Waals surface area contributed by atoms with E-state index in [1.165, 1.54) is 0 Å². The maximum atomic E-state index is 11.1. The number of aromatic nitrogens is 1. The number of rotatable bonds is 3. The van der Waals surface area contributed by atoms with E-state index in [9.17, 15) is 9.59 Å². The fourth-order valence-corrected chi connectivity index (χ4v) is 0.725. The second-order valence-corrected chi connectivity index (χ2v) is 2.32. The molecule has 5 heteroatoms. The average Bonchev–Trinajstić information content (AvgIpc) is 2.47. The zero-order valence-corrected chi connectivity index (χ0v) is 6.72. The monoisotopic (exact) mass is 170 g/mol. The van der Waals surface area contributed by atoms with Gasteiger partial charge in [0.2, 0.25) is 0 Å². The first-order chi connectivity index (χ1) is 5.74. The van der Waals surface area contributed by atoms with Gasteiger partial charge in [0.05, 0.1) is 0 Å². The molecular weight excluding hydrogens is 160 g/mol. The summed E-state index contributed by atoms with van der Waals surface area (Å²) in [6, 6.07) is 0. The fraction of sp³-hybridized carbons (Fsp3) is 0.429. The van der Waals surface area contributed by atoms with Gasteiger partial charge in [-0.2, -0.15) is 0 Å². The van der Waals surface area contributed by atoms with Crippen molar-refractivity contribution >= 4 is 5.91 Å². The molecule has 0 saturated carbocycles. The Morgan fingerprint density at radius 3 is 3.00 bits per heavy atom. The van der Waals surface area contributed by atoms with Gasteiger partial charge in [-0.3, -0.25) is 9.78 Å². The number of amides is 1. The Kier molecular flexibility index (Phi) is 2.68. The average molecular weight is 170 g/mol. The van der Waals surface area contributed by atoms with Crippen molar-refractivity contribution in [2.45, 2.75) is 13.3 Å². The Hall–Kier alpha value is -1.52. The van der Waals surface area contributed by atoms with Crippen LogP contribution in [0.15, 0.2) is 15.5 Å². The molecule has 12 heavy (non-hydrogen) atoms. The van der Waals surface area contributed by atoms with Crippen molar-refractivity contribution in [3.8, 4) is 0 Å². The molecule has 0 aromatic carbocycles. The molecule has 0 saturated heterocycles. The van der Waals surface area contributed by atoms with E-state index in [4.69, 9.17) is 0 Å². The molecule has 0 bridgehead atoms. The number of carbonyl (C=O) groups excluding carboxylic acids is 1. The van der Waals surface area contributed by atoms with Crippen molar-refractivity contribution in [2.75, 3.05) is 6.54 Å². The number of hydrogen-bond acceptors (Lipinski definition) is 3. The van der Waals surface area contributed by atoms with Crippen molar-refractivity contribution in [1.29, 1.82) is 0 Å². The lowest BCUT2D eigenvalue weighted by Crippen LogP contribution is -2.24. The number of carbonyl (C=O) groups is 1. The third kappa shape index (κ3) is 1.98. The summed E-state index contributed by atoms with van der Waals surface area (Å²) in [4.78, 5) is 23.8. The van der Waals surface area contributed by atoms with E-state index >= 15 is 0 Å². The SMILES string of the molecule is CCCNC(=O)c1coc(=O)[nH]1. The lowest BCUT2D eigenvalue weighted by molar-refractivity contribution is 0.0948. The standard InChI is InChI=1S/C7H10N2O3/c1-2-3-8-6(10)5-4-12-7(11)9-5/h4H,2-3H2,1H3,(H,8,10)(H,9,11). The minimum absolute atomic E-state index is 0.161. The first-order valence-electron chi connectivity index (χ1n) is 3.70. The van der Waals surface area contributed by atoms with Crippen LogP contribution in [0.5, 0.6) is 0 Å². The van der Waals surface area contributed by atoms with Gasteiger partial charge < -0.3 is 9.73 Å². The summed E-state index contributed by atoms with van der Waals surface area (Å²) < 4.78 is 4.39. The van der Waals surface area contributed by atoms with Gasteiger partial charge in [0, 0.05) is 6.54 Å². The highest BCUT2D eigenvalue weighted by Gasteiger charge is 2.06. The van der Waals surface area contributed by atoms with E-state index in [0.717, 1.165) is 12.7 Å². The number of H-pyrrole nitrogens is 1. The van der Waals surface area contributed by atoms with Crippen LogP contribution >= 0.6 is 0 Å². The molecule has 1 aromatic heterocycles. The molecule has 0 spiro atoms. The van der Waals surface area contributed by atoms with E-state index in [-0.39, 0.29) is 11.6 Å². The Labute approximate surface area is 68.8 Å². The van der Waals surface area contributed by atoms with Crippen LogP contribution in [-0.2, 0) is 0 Å². The molecule has 1 rings (SSSR count). The maximum Gasteiger partial charge on any atom is 0.416 e. The molecule has 0 atom stereocenters. The lowest BCUT2D eigenvalue weighted by Gasteiger charge is -1.97. The van der Waals surface area contributed by atoms with Gasteiger partial charge in [0.1, 0.15) is 12.0 Å². The van der Waals surface area contributed by atoms with Crippen LogP contribution in [0, 0.1) is 0 Å². The molecule has 2 N–H and O–H groups in total. The highest BCUT2D eigenvalue weighted by molar-refractivity contribution is 5.91. The summed E-state index contributed by atoms with van der Waals surface area (Å²) in [7, 11) is 0. The predicted octanol–water partition coefficient (Wildman–Crippen LogP) is 0.108. The van der Waals surface area contributed by atoms with Crippen LogP contribution in [0.1, 0.15) is 23.8 Å². The third-order valence-electron chi connectivity index (χ3n) is 1.30. The minimum atomic E-state index is -0.614. The Morgan fingerprint density at radius 2 is 2.50 bits per heavy atom. The fourth-order valence-electron chi connectivity index (χ4n) is 0.725. The zero-order chi connectivity index (χ0) is 8.97. The largest absolute Gasteiger partial charge is 0.416 e. The molecule has 5 nitrogen and oxygen atoms in total.